The van der Waals surface area contributed by atoms with Crippen LogP contribution < -0.4 is 19.5 Å². The molecule has 0 amide bonds. The molecule has 4 rings (SSSR count). The standard InChI is InChI=1S/C19H17BrN4O3S/c1-25-11-5-6-12(15(9-11)26-2)17-21-14-7-4-10(20)8-13(14)16-18(27-17)22-19(28-3)24-23-16/h4-9,17,21H,1-3H3. The molecule has 1 unspecified atom stereocenters. The number of benzene rings is 2. The fraction of sp³-hybridized carbons (Fsp3) is 0.211. The van der Waals surface area contributed by atoms with Crippen LogP contribution in [0.15, 0.2) is 46.0 Å². The lowest BCUT2D eigenvalue weighted by Gasteiger charge is -2.21. The van der Waals surface area contributed by atoms with Gasteiger partial charge < -0.3 is 19.5 Å². The van der Waals surface area contributed by atoms with Crippen LogP contribution in [0.1, 0.15) is 11.8 Å². The molecular formula is C19H17BrN4O3S. The predicted octanol–water partition coefficient (Wildman–Crippen LogP) is 4.54. The Balaban J connectivity index is 1.87. The number of nitrogens with zero attached hydrogens (tertiary/aromatic N) is 3. The number of rotatable bonds is 4. The number of halogens is 1. The molecule has 2 aromatic carbocycles. The van der Waals surface area contributed by atoms with Gasteiger partial charge in [-0.1, -0.05) is 27.7 Å². The molecular weight excluding hydrogens is 444 g/mol. The zero-order valence-corrected chi connectivity index (χ0v) is 17.8. The summed E-state index contributed by atoms with van der Waals surface area (Å²) in [6.07, 6.45) is 1.36. The monoisotopic (exact) mass is 460 g/mol. The highest BCUT2D eigenvalue weighted by Crippen LogP contribution is 2.42. The number of methoxy groups -OCH3 is 2. The number of anilines is 1. The lowest BCUT2D eigenvalue weighted by molar-refractivity contribution is 0.219. The fourth-order valence-corrected chi connectivity index (χ4v) is 3.59. The van der Waals surface area contributed by atoms with E-state index in [9.17, 15) is 0 Å². The van der Waals surface area contributed by atoms with Crippen LogP contribution in [0.25, 0.3) is 11.3 Å². The van der Waals surface area contributed by atoms with E-state index in [0.29, 0.717) is 28.2 Å². The predicted molar refractivity (Wildman–Crippen MR) is 111 cm³/mol. The maximum atomic E-state index is 6.25. The van der Waals surface area contributed by atoms with E-state index in [1.165, 1.54) is 11.8 Å². The molecule has 0 aliphatic carbocycles. The smallest absolute Gasteiger partial charge is 0.247 e. The molecule has 1 N–H and O–H groups in total. The largest absolute Gasteiger partial charge is 0.497 e. The molecule has 28 heavy (non-hydrogen) atoms. The van der Waals surface area contributed by atoms with Crippen LogP contribution in [0.2, 0.25) is 0 Å². The van der Waals surface area contributed by atoms with E-state index in [-0.39, 0.29) is 0 Å². The van der Waals surface area contributed by atoms with Crippen molar-refractivity contribution in [3.05, 3.63) is 46.4 Å². The zero-order chi connectivity index (χ0) is 19.7. The van der Waals surface area contributed by atoms with Crippen LogP contribution in [0.4, 0.5) is 5.69 Å². The summed E-state index contributed by atoms with van der Waals surface area (Å²) in [6.45, 7) is 0. The first kappa shape index (κ1) is 18.8. The summed E-state index contributed by atoms with van der Waals surface area (Å²) >= 11 is 4.93. The van der Waals surface area contributed by atoms with Crippen LogP contribution in [0, 0.1) is 0 Å². The summed E-state index contributed by atoms with van der Waals surface area (Å²) in [5.41, 5.74) is 3.11. The van der Waals surface area contributed by atoms with E-state index in [4.69, 9.17) is 14.2 Å². The first-order valence-corrected chi connectivity index (χ1v) is 10.4. The molecule has 3 aromatic rings. The second-order valence-electron chi connectivity index (χ2n) is 5.89. The molecule has 1 aromatic heterocycles. The first-order chi connectivity index (χ1) is 13.6. The quantitative estimate of drug-likeness (QED) is 0.568. The van der Waals surface area contributed by atoms with E-state index in [0.717, 1.165) is 21.3 Å². The molecule has 0 fully saturated rings. The molecule has 0 spiro atoms. The normalized spacial score (nSPS) is 14.8. The number of ether oxygens (including phenoxy) is 3. The molecule has 9 heteroatoms. The number of aromatic nitrogens is 3. The van der Waals surface area contributed by atoms with Crippen LogP contribution in [-0.2, 0) is 0 Å². The van der Waals surface area contributed by atoms with Crippen molar-refractivity contribution < 1.29 is 14.2 Å². The summed E-state index contributed by atoms with van der Waals surface area (Å²) in [4.78, 5) is 4.53. The summed E-state index contributed by atoms with van der Waals surface area (Å²) < 4.78 is 18.0. The highest BCUT2D eigenvalue weighted by molar-refractivity contribution is 9.10. The average molecular weight is 461 g/mol. The number of hydrogen-bond acceptors (Lipinski definition) is 8. The third-order valence-electron chi connectivity index (χ3n) is 4.29. The van der Waals surface area contributed by atoms with Gasteiger partial charge in [-0.2, -0.15) is 4.98 Å². The second-order valence-corrected chi connectivity index (χ2v) is 7.58. The first-order valence-electron chi connectivity index (χ1n) is 8.36. The van der Waals surface area contributed by atoms with Crippen molar-refractivity contribution in [1.29, 1.82) is 0 Å². The van der Waals surface area contributed by atoms with Crippen LogP contribution in [0.5, 0.6) is 17.4 Å². The Labute approximate surface area is 175 Å². The summed E-state index contributed by atoms with van der Waals surface area (Å²) in [5.74, 6) is 1.75. The Bertz CT molecular complexity index is 1030. The Kier molecular flexibility index (Phi) is 5.27. The Morgan fingerprint density at radius 3 is 2.71 bits per heavy atom. The lowest BCUT2D eigenvalue weighted by Crippen LogP contribution is -2.18. The van der Waals surface area contributed by atoms with Crippen LogP contribution >= 0.6 is 27.7 Å². The van der Waals surface area contributed by atoms with Crippen molar-refractivity contribution in [1.82, 2.24) is 15.2 Å². The molecule has 1 atom stereocenters. The number of thioether (sulfide) groups is 1. The van der Waals surface area contributed by atoms with Gasteiger partial charge in [0.15, 0.2) is 5.69 Å². The van der Waals surface area contributed by atoms with Gasteiger partial charge in [0, 0.05) is 21.8 Å². The average Bonchev–Trinajstić information content (AvgIpc) is 2.89. The molecule has 1 aliphatic heterocycles. The lowest BCUT2D eigenvalue weighted by atomic mass is 10.1. The van der Waals surface area contributed by atoms with Gasteiger partial charge in [0.1, 0.15) is 11.5 Å². The van der Waals surface area contributed by atoms with Gasteiger partial charge in [0.25, 0.3) is 0 Å². The minimum absolute atomic E-state index is 0.409. The van der Waals surface area contributed by atoms with Gasteiger partial charge in [0.05, 0.1) is 19.8 Å². The van der Waals surface area contributed by atoms with E-state index in [1.54, 1.807) is 14.2 Å². The molecule has 144 valence electrons. The van der Waals surface area contributed by atoms with E-state index in [2.05, 4.69) is 36.4 Å². The minimum Gasteiger partial charge on any atom is -0.497 e. The summed E-state index contributed by atoms with van der Waals surface area (Å²) in [6, 6.07) is 11.5. The maximum absolute atomic E-state index is 6.25. The molecule has 1 aliphatic rings. The fourth-order valence-electron chi connectivity index (χ4n) is 2.93. The van der Waals surface area contributed by atoms with Gasteiger partial charge in [-0.3, -0.25) is 0 Å². The number of fused-ring (bicyclic) bond motifs is 3. The summed E-state index contributed by atoms with van der Waals surface area (Å²) in [7, 11) is 3.23. The SMILES string of the molecule is COc1ccc(C2Nc3ccc(Br)cc3-c3nnc(SC)nc3O2)c(OC)c1. The van der Waals surface area contributed by atoms with Crippen molar-refractivity contribution in [2.45, 2.75) is 11.4 Å². The number of nitrogens with one attached hydrogen (secondary N) is 1. The highest BCUT2D eigenvalue weighted by Gasteiger charge is 2.28. The Morgan fingerprint density at radius 1 is 1.11 bits per heavy atom. The molecule has 2 heterocycles. The second kappa shape index (κ2) is 7.84. The van der Waals surface area contributed by atoms with Gasteiger partial charge >= 0.3 is 0 Å². The van der Waals surface area contributed by atoms with Gasteiger partial charge in [-0.25, -0.2) is 0 Å². The third-order valence-corrected chi connectivity index (χ3v) is 5.33. The zero-order valence-electron chi connectivity index (χ0n) is 15.4. The van der Waals surface area contributed by atoms with Gasteiger partial charge in [-0.05, 0) is 36.6 Å². The molecule has 0 radical (unpaired) electrons. The molecule has 0 saturated heterocycles. The topological polar surface area (TPSA) is 78.4 Å². The van der Waals surface area contributed by atoms with E-state index in [1.807, 2.05) is 42.7 Å². The van der Waals surface area contributed by atoms with Crippen molar-refractivity contribution in [2.75, 3.05) is 25.8 Å². The maximum Gasteiger partial charge on any atom is 0.247 e. The Hall–Kier alpha value is -2.52. The Morgan fingerprint density at radius 2 is 1.96 bits per heavy atom. The number of hydrogen-bond donors (Lipinski definition) is 1. The van der Waals surface area contributed by atoms with Gasteiger partial charge in [-0.15, -0.1) is 10.2 Å². The van der Waals surface area contributed by atoms with E-state index < -0.39 is 6.23 Å². The minimum atomic E-state index is -0.534. The van der Waals surface area contributed by atoms with E-state index >= 15 is 0 Å². The van der Waals surface area contributed by atoms with Crippen molar-refractivity contribution in [2.24, 2.45) is 0 Å². The van der Waals surface area contributed by atoms with Crippen molar-refractivity contribution in [3.63, 3.8) is 0 Å². The van der Waals surface area contributed by atoms with Gasteiger partial charge in [0.2, 0.25) is 17.3 Å². The van der Waals surface area contributed by atoms with Crippen molar-refractivity contribution in [3.8, 4) is 28.6 Å². The highest BCUT2D eigenvalue weighted by atomic mass is 79.9. The third kappa shape index (κ3) is 3.47. The molecule has 0 bridgehead atoms. The van der Waals surface area contributed by atoms with Crippen LogP contribution in [0.3, 0.4) is 0 Å². The molecule has 7 nitrogen and oxygen atoms in total. The van der Waals surface area contributed by atoms with Crippen molar-refractivity contribution >= 4 is 33.4 Å². The van der Waals surface area contributed by atoms with Crippen LogP contribution in [-0.4, -0.2) is 35.7 Å². The summed E-state index contributed by atoms with van der Waals surface area (Å²) in [5, 5.41) is 12.5. The molecule has 0 saturated carbocycles.